The van der Waals surface area contributed by atoms with Gasteiger partial charge in [-0.3, -0.25) is 0 Å². The summed E-state index contributed by atoms with van der Waals surface area (Å²) in [5.41, 5.74) is 1.34. The van der Waals surface area contributed by atoms with E-state index in [0.29, 0.717) is 24.6 Å². The molecular formula is C24H25FN2O6S. The highest BCUT2D eigenvalue weighted by atomic mass is 32.2. The van der Waals surface area contributed by atoms with E-state index in [-0.39, 0.29) is 23.2 Å². The van der Waals surface area contributed by atoms with E-state index in [2.05, 4.69) is 5.32 Å². The SMILES string of the molecule is COCCN(Cc1ccc(OS(=O)(=O)c2ccc(F)cc2)cc1)C(=O)Nc1cccc(OC)c1. The molecule has 0 aliphatic rings. The number of carbonyl (C=O) groups is 1. The molecule has 1 N–H and O–H groups in total. The molecule has 0 fully saturated rings. The topological polar surface area (TPSA) is 94.2 Å². The van der Waals surface area contributed by atoms with Crippen LogP contribution < -0.4 is 14.2 Å². The molecule has 0 aromatic heterocycles. The minimum absolute atomic E-state index is 0.0948. The van der Waals surface area contributed by atoms with Crippen LogP contribution in [0.4, 0.5) is 14.9 Å². The quantitative estimate of drug-likeness (QED) is 0.428. The molecule has 3 aromatic rings. The van der Waals surface area contributed by atoms with Crippen LogP contribution in [-0.2, 0) is 21.4 Å². The Labute approximate surface area is 198 Å². The Morgan fingerprint density at radius 2 is 1.68 bits per heavy atom. The number of carbonyl (C=O) groups excluding carboxylic acids is 1. The third kappa shape index (κ3) is 6.93. The summed E-state index contributed by atoms with van der Waals surface area (Å²) in [6.45, 7) is 0.927. The summed E-state index contributed by atoms with van der Waals surface area (Å²) in [6.07, 6.45) is 0. The summed E-state index contributed by atoms with van der Waals surface area (Å²) < 4.78 is 53.2. The van der Waals surface area contributed by atoms with Gasteiger partial charge in [0, 0.05) is 32.0 Å². The molecule has 0 spiro atoms. The maximum atomic E-state index is 13.1. The van der Waals surface area contributed by atoms with Crippen LogP contribution in [0.25, 0.3) is 0 Å². The Kier molecular flexibility index (Phi) is 8.44. The minimum atomic E-state index is -4.10. The molecule has 0 saturated carbocycles. The molecule has 0 atom stereocenters. The Hall–Kier alpha value is -3.63. The molecule has 0 unspecified atom stereocenters. The summed E-state index contributed by atoms with van der Waals surface area (Å²) in [7, 11) is -1.01. The number of hydrogen-bond donors (Lipinski definition) is 1. The van der Waals surface area contributed by atoms with E-state index in [0.717, 1.165) is 29.8 Å². The lowest BCUT2D eigenvalue weighted by atomic mass is 10.2. The molecule has 3 rings (SSSR count). The van der Waals surface area contributed by atoms with Gasteiger partial charge in [-0.15, -0.1) is 0 Å². The van der Waals surface area contributed by atoms with Gasteiger partial charge in [0.2, 0.25) is 0 Å². The molecule has 8 nitrogen and oxygen atoms in total. The molecular weight excluding hydrogens is 463 g/mol. The number of amides is 2. The molecule has 0 aliphatic carbocycles. The van der Waals surface area contributed by atoms with Crippen LogP contribution in [0.2, 0.25) is 0 Å². The van der Waals surface area contributed by atoms with Crippen molar-refractivity contribution < 1.29 is 31.3 Å². The predicted molar refractivity (Wildman–Crippen MR) is 125 cm³/mol. The second-order valence-electron chi connectivity index (χ2n) is 7.21. The molecule has 10 heteroatoms. The molecule has 0 heterocycles. The van der Waals surface area contributed by atoms with Crippen molar-refractivity contribution in [1.29, 1.82) is 0 Å². The van der Waals surface area contributed by atoms with Crippen molar-refractivity contribution in [2.45, 2.75) is 11.4 Å². The van der Waals surface area contributed by atoms with Gasteiger partial charge >= 0.3 is 16.1 Å². The lowest BCUT2D eigenvalue weighted by molar-refractivity contribution is 0.153. The van der Waals surface area contributed by atoms with E-state index >= 15 is 0 Å². The third-order valence-electron chi connectivity index (χ3n) is 4.78. The van der Waals surface area contributed by atoms with Gasteiger partial charge < -0.3 is 23.9 Å². The van der Waals surface area contributed by atoms with Gasteiger partial charge in [-0.2, -0.15) is 8.42 Å². The number of rotatable bonds is 10. The number of halogens is 1. The van der Waals surface area contributed by atoms with Crippen LogP contribution in [0.5, 0.6) is 11.5 Å². The molecule has 0 radical (unpaired) electrons. The van der Waals surface area contributed by atoms with Crippen LogP contribution in [0.15, 0.2) is 77.7 Å². The van der Waals surface area contributed by atoms with E-state index in [4.69, 9.17) is 13.7 Å². The largest absolute Gasteiger partial charge is 0.497 e. The second-order valence-corrected chi connectivity index (χ2v) is 8.76. The highest BCUT2D eigenvalue weighted by Gasteiger charge is 2.18. The van der Waals surface area contributed by atoms with Crippen molar-refractivity contribution in [1.82, 2.24) is 4.90 Å². The lowest BCUT2D eigenvalue weighted by Crippen LogP contribution is -2.36. The first-order valence-electron chi connectivity index (χ1n) is 10.3. The van der Waals surface area contributed by atoms with E-state index in [9.17, 15) is 17.6 Å². The van der Waals surface area contributed by atoms with Crippen molar-refractivity contribution in [3.63, 3.8) is 0 Å². The maximum absolute atomic E-state index is 13.1. The molecule has 180 valence electrons. The Bertz CT molecular complexity index is 1200. The molecule has 0 saturated heterocycles. The number of hydrogen-bond acceptors (Lipinski definition) is 6. The fraction of sp³-hybridized carbons (Fsp3) is 0.208. The number of nitrogens with one attached hydrogen (secondary N) is 1. The van der Waals surface area contributed by atoms with Crippen LogP contribution in [0, 0.1) is 5.82 Å². The molecule has 2 amide bonds. The Balaban J connectivity index is 1.68. The first-order valence-corrected chi connectivity index (χ1v) is 11.7. The zero-order valence-electron chi connectivity index (χ0n) is 18.7. The average Bonchev–Trinajstić information content (AvgIpc) is 2.83. The highest BCUT2D eigenvalue weighted by molar-refractivity contribution is 7.87. The summed E-state index contributed by atoms with van der Waals surface area (Å²) in [5.74, 6) is 0.168. The van der Waals surface area contributed by atoms with Crippen LogP contribution >= 0.6 is 0 Å². The molecule has 3 aromatic carbocycles. The van der Waals surface area contributed by atoms with Gasteiger partial charge in [-0.05, 0) is 54.1 Å². The van der Waals surface area contributed by atoms with Gasteiger partial charge in [0.1, 0.15) is 22.2 Å². The van der Waals surface area contributed by atoms with Crippen molar-refractivity contribution in [2.24, 2.45) is 0 Å². The second kappa shape index (κ2) is 11.5. The van der Waals surface area contributed by atoms with Crippen LogP contribution in [-0.4, -0.2) is 46.7 Å². The number of benzene rings is 3. The third-order valence-corrected chi connectivity index (χ3v) is 6.04. The van der Waals surface area contributed by atoms with E-state index < -0.39 is 15.9 Å². The molecule has 34 heavy (non-hydrogen) atoms. The standard InChI is InChI=1S/C24H25FN2O6S/c1-31-15-14-27(24(28)26-20-4-3-5-22(16-20)32-2)17-18-6-10-21(11-7-18)33-34(29,30)23-12-8-19(25)9-13-23/h3-13,16H,14-15,17H2,1-2H3,(H,26,28). The molecule has 0 aliphatic heterocycles. The molecule has 0 bridgehead atoms. The van der Waals surface area contributed by atoms with Crippen molar-refractivity contribution >= 4 is 21.8 Å². The zero-order chi connectivity index (χ0) is 24.6. The van der Waals surface area contributed by atoms with Gasteiger partial charge in [0.15, 0.2) is 0 Å². The van der Waals surface area contributed by atoms with E-state index in [1.54, 1.807) is 55.5 Å². The van der Waals surface area contributed by atoms with Gasteiger partial charge in [-0.1, -0.05) is 18.2 Å². The van der Waals surface area contributed by atoms with Crippen molar-refractivity contribution in [3.05, 3.63) is 84.2 Å². The van der Waals surface area contributed by atoms with Gasteiger partial charge in [0.25, 0.3) is 0 Å². The summed E-state index contributed by atoms with van der Waals surface area (Å²) in [5, 5.41) is 2.83. The summed E-state index contributed by atoms with van der Waals surface area (Å²) in [6, 6.07) is 17.3. The van der Waals surface area contributed by atoms with Crippen molar-refractivity contribution in [2.75, 3.05) is 32.7 Å². The highest BCUT2D eigenvalue weighted by Crippen LogP contribution is 2.21. The van der Waals surface area contributed by atoms with Gasteiger partial charge in [-0.25, -0.2) is 9.18 Å². The fourth-order valence-electron chi connectivity index (χ4n) is 3.00. The zero-order valence-corrected chi connectivity index (χ0v) is 19.5. The van der Waals surface area contributed by atoms with E-state index in [1.165, 1.54) is 12.1 Å². The first-order chi connectivity index (χ1) is 16.3. The summed E-state index contributed by atoms with van der Waals surface area (Å²) in [4.78, 5) is 14.3. The Morgan fingerprint density at radius 1 is 0.971 bits per heavy atom. The number of urea groups is 1. The van der Waals surface area contributed by atoms with Crippen molar-refractivity contribution in [3.8, 4) is 11.5 Å². The smallest absolute Gasteiger partial charge is 0.339 e. The normalized spacial score (nSPS) is 11.0. The number of anilines is 1. The minimum Gasteiger partial charge on any atom is -0.497 e. The first kappa shape index (κ1) is 25.0. The number of methoxy groups -OCH3 is 2. The number of nitrogens with zero attached hydrogens (tertiary/aromatic N) is 1. The van der Waals surface area contributed by atoms with Gasteiger partial charge in [0.05, 0.1) is 13.7 Å². The summed E-state index contributed by atoms with van der Waals surface area (Å²) >= 11 is 0. The van der Waals surface area contributed by atoms with E-state index in [1.807, 2.05) is 0 Å². The average molecular weight is 489 g/mol. The fourth-order valence-corrected chi connectivity index (χ4v) is 3.93. The van der Waals surface area contributed by atoms with Crippen LogP contribution in [0.3, 0.4) is 0 Å². The lowest BCUT2D eigenvalue weighted by Gasteiger charge is -2.23. The maximum Gasteiger partial charge on any atom is 0.339 e. The Morgan fingerprint density at radius 3 is 2.32 bits per heavy atom. The predicted octanol–water partition coefficient (Wildman–Crippen LogP) is 4.28. The number of ether oxygens (including phenoxy) is 2. The van der Waals surface area contributed by atoms with Crippen LogP contribution in [0.1, 0.15) is 5.56 Å². The monoisotopic (exact) mass is 488 g/mol.